The summed E-state index contributed by atoms with van der Waals surface area (Å²) in [6.07, 6.45) is 2.47. The molecule has 0 aliphatic carbocycles. The molecule has 6 nitrogen and oxygen atoms in total. The van der Waals surface area contributed by atoms with E-state index < -0.39 is 18.5 Å². The number of aromatic nitrogens is 1. The van der Waals surface area contributed by atoms with E-state index in [-0.39, 0.29) is 5.57 Å². The highest BCUT2D eigenvalue weighted by atomic mass is 35.5. The van der Waals surface area contributed by atoms with Crippen molar-refractivity contribution in [2.24, 2.45) is 0 Å². The van der Waals surface area contributed by atoms with E-state index in [2.05, 4.69) is 16.8 Å². The highest BCUT2D eigenvalue weighted by Crippen LogP contribution is 2.27. The summed E-state index contributed by atoms with van der Waals surface area (Å²) in [5, 5.41) is 12.4. The monoisotopic (exact) mass is 427 g/mol. The van der Waals surface area contributed by atoms with E-state index in [4.69, 9.17) is 16.3 Å². The number of nitrogens with one attached hydrogen (secondary N) is 1. The zero-order valence-electron chi connectivity index (χ0n) is 17.9. The zero-order valence-corrected chi connectivity index (χ0v) is 18.7. The maximum Gasteiger partial charge on any atom is 0.349 e. The lowest BCUT2D eigenvalue weighted by atomic mass is 10.1. The molecule has 158 valence electrons. The van der Waals surface area contributed by atoms with Crippen LogP contribution in [0.25, 0.3) is 6.08 Å². The minimum atomic E-state index is -0.848. The standard InChI is InChI=1S/C23H26ClN3O3/c1-6-7-27-16(4)10-18(17(27)5)11-19(12-25)23(29)30-13-21(28)26-22-15(3)8-14(2)9-20(22)24/h8-11H,6-7,13H2,1-5H3,(H,26,28)/b19-11+. The molecule has 2 rings (SSSR count). The van der Waals surface area contributed by atoms with Crippen molar-refractivity contribution in [2.75, 3.05) is 11.9 Å². The lowest BCUT2D eigenvalue weighted by Gasteiger charge is -2.11. The molecule has 0 aliphatic heterocycles. The SMILES string of the molecule is CCCn1c(C)cc(/C=C(\C#N)C(=O)OCC(=O)Nc2c(C)cc(C)cc2Cl)c1C. The molecule has 1 heterocycles. The summed E-state index contributed by atoms with van der Waals surface area (Å²) in [7, 11) is 0. The topological polar surface area (TPSA) is 84.1 Å². The van der Waals surface area contributed by atoms with Crippen LogP contribution in [0.1, 0.15) is 41.4 Å². The molecule has 0 saturated carbocycles. The van der Waals surface area contributed by atoms with Crippen molar-refractivity contribution in [3.63, 3.8) is 0 Å². The number of esters is 1. The summed E-state index contributed by atoms with van der Waals surface area (Å²) in [5.74, 6) is -1.38. The minimum Gasteiger partial charge on any atom is -0.451 e. The van der Waals surface area contributed by atoms with Gasteiger partial charge in [0.05, 0.1) is 10.7 Å². The number of carbonyl (C=O) groups excluding carboxylic acids is 2. The first-order valence-electron chi connectivity index (χ1n) is 9.70. The Labute approximate surface area is 182 Å². The number of hydrogen-bond donors (Lipinski definition) is 1. The lowest BCUT2D eigenvalue weighted by molar-refractivity contribution is -0.142. The third-order valence-corrected chi connectivity index (χ3v) is 5.03. The molecule has 0 aliphatic rings. The van der Waals surface area contributed by atoms with Gasteiger partial charge < -0.3 is 14.6 Å². The Kier molecular flexibility index (Phi) is 7.85. The van der Waals surface area contributed by atoms with Crippen LogP contribution in [0.5, 0.6) is 0 Å². The number of halogens is 1. The van der Waals surface area contributed by atoms with E-state index in [1.54, 1.807) is 6.07 Å². The Morgan fingerprint density at radius 2 is 1.93 bits per heavy atom. The fourth-order valence-corrected chi connectivity index (χ4v) is 3.66. The molecule has 7 heteroatoms. The van der Waals surface area contributed by atoms with Gasteiger partial charge in [0.15, 0.2) is 6.61 Å². The smallest absolute Gasteiger partial charge is 0.349 e. The maximum absolute atomic E-state index is 12.3. The van der Waals surface area contributed by atoms with Gasteiger partial charge >= 0.3 is 5.97 Å². The van der Waals surface area contributed by atoms with Crippen LogP contribution in [0.2, 0.25) is 5.02 Å². The van der Waals surface area contributed by atoms with E-state index in [1.807, 2.05) is 45.9 Å². The Balaban J connectivity index is 2.08. The molecule has 30 heavy (non-hydrogen) atoms. The van der Waals surface area contributed by atoms with Gasteiger partial charge in [0.25, 0.3) is 5.91 Å². The van der Waals surface area contributed by atoms with E-state index in [0.29, 0.717) is 10.7 Å². The van der Waals surface area contributed by atoms with Gasteiger partial charge in [-0.25, -0.2) is 4.79 Å². The summed E-state index contributed by atoms with van der Waals surface area (Å²) >= 11 is 6.18. The average molecular weight is 428 g/mol. The first kappa shape index (κ1) is 23.2. The molecule has 0 atom stereocenters. The van der Waals surface area contributed by atoms with Crippen LogP contribution < -0.4 is 5.32 Å². The van der Waals surface area contributed by atoms with Crippen LogP contribution in [0.15, 0.2) is 23.8 Å². The average Bonchev–Trinajstić information content (AvgIpc) is 2.94. The number of nitriles is 1. The molecule has 0 spiro atoms. The van der Waals surface area contributed by atoms with E-state index in [1.165, 1.54) is 6.08 Å². The van der Waals surface area contributed by atoms with Crippen LogP contribution in [-0.2, 0) is 20.9 Å². The summed E-state index contributed by atoms with van der Waals surface area (Å²) in [6, 6.07) is 7.41. The highest BCUT2D eigenvalue weighted by Gasteiger charge is 2.16. The lowest BCUT2D eigenvalue weighted by Crippen LogP contribution is -2.22. The largest absolute Gasteiger partial charge is 0.451 e. The number of aryl methyl sites for hydroxylation is 3. The summed E-state index contributed by atoms with van der Waals surface area (Å²) < 4.78 is 7.17. The molecule has 0 radical (unpaired) electrons. The molecule has 1 aromatic carbocycles. The van der Waals surface area contributed by atoms with Gasteiger partial charge in [0.2, 0.25) is 0 Å². The van der Waals surface area contributed by atoms with Crippen molar-refractivity contribution < 1.29 is 14.3 Å². The van der Waals surface area contributed by atoms with Gasteiger partial charge in [-0.15, -0.1) is 0 Å². The molecule has 0 bridgehead atoms. The molecule has 2 aromatic rings. The van der Waals surface area contributed by atoms with Crippen LogP contribution in [0, 0.1) is 39.0 Å². The number of hydrogen-bond acceptors (Lipinski definition) is 4. The second-order valence-electron chi connectivity index (χ2n) is 7.21. The normalized spacial score (nSPS) is 11.2. The number of ether oxygens (including phenoxy) is 1. The molecule has 1 aromatic heterocycles. The molecule has 0 saturated heterocycles. The van der Waals surface area contributed by atoms with Crippen molar-refractivity contribution in [1.82, 2.24) is 4.57 Å². The first-order chi connectivity index (χ1) is 14.2. The summed E-state index contributed by atoms with van der Waals surface area (Å²) in [5.41, 5.74) is 4.89. The highest BCUT2D eigenvalue weighted by molar-refractivity contribution is 6.34. The van der Waals surface area contributed by atoms with Gasteiger partial charge in [-0.3, -0.25) is 4.79 Å². The second-order valence-corrected chi connectivity index (χ2v) is 7.62. The number of nitrogens with zero attached hydrogens (tertiary/aromatic N) is 2. The van der Waals surface area contributed by atoms with Crippen LogP contribution >= 0.6 is 11.6 Å². The molecule has 0 fully saturated rings. The van der Waals surface area contributed by atoms with Crippen molar-refractivity contribution >= 4 is 35.2 Å². The fraction of sp³-hybridized carbons (Fsp3) is 0.348. The third kappa shape index (κ3) is 5.52. The molecule has 0 unspecified atom stereocenters. The number of carbonyl (C=O) groups is 2. The van der Waals surface area contributed by atoms with E-state index >= 15 is 0 Å². The Morgan fingerprint density at radius 1 is 1.23 bits per heavy atom. The number of benzene rings is 1. The van der Waals surface area contributed by atoms with Crippen LogP contribution in [0.3, 0.4) is 0 Å². The van der Waals surface area contributed by atoms with Gasteiger partial charge in [-0.05, 0) is 69.0 Å². The Morgan fingerprint density at radius 3 is 2.53 bits per heavy atom. The third-order valence-electron chi connectivity index (χ3n) is 4.73. The predicted molar refractivity (Wildman–Crippen MR) is 118 cm³/mol. The molecular weight excluding hydrogens is 402 g/mol. The van der Waals surface area contributed by atoms with Gasteiger partial charge in [0.1, 0.15) is 11.6 Å². The van der Waals surface area contributed by atoms with E-state index in [9.17, 15) is 14.9 Å². The number of amides is 1. The van der Waals surface area contributed by atoms with Gasteiger partial charge in [-0.1, -0.05) is 24.6 Å². The minimum absolute atomic E-state index is 0.163. The van der Waals surface area contributed by atoms with Gasteiger partial charge in [-0.2, -0.15) is 5.26 Å². The predicted octanol–water partition coefficient (Wildman–Crippen LogP) is 4.87. The van der Waals surface area contributed by atoms with Gasteiger partial charge in [0, 0.05) is 17.9 Å². The Hall–Kier alpha value is -3.04. The van der Waals surface area contributed by atoms with E-state index in [0.717, 1.165) is 41.0 Å². The fourth-order valence-electron chi connectivity index (χ4n) is 3.29. The van der Waals surface area contributed by atoms with Crippen molar-refractivity contribution in [3.05, 3.63) is 56.9 Å². The molecule has 1 N–H and O–H groups in total. The van der Waals surface area contributed by atoms with Crippen molar-refractivity contribution in [1.29, 1.82) is 5.26 Å². The second kappa shape index (κ2) is 10.1. The van der Waals surface area contributed by atoms with Crippen LogP contribution in [0.4, 0.5) is 5.69 Å². The zero-order chi connectivity index (χ0) is 22.4. The molecule has 1 amide bonds. The summed E-state index contributed by atoms with van der Waals surface area (Å²) in [4.78, 5) is 24.5. The van der Waals surface area contributed by atoms with Crippen molar-refractivity contribution in [2.45, 2.75) is 47.6 Å². The maximum atomic E-state index is 12.3. The number of rotatable bonds is 7. The van der Waals surface area contributed by atoms with Crippen LogP contribution in [-0.4, -0.2) is 23.1 Å². The molecular formula is C23H26ClN3O3. The quantitative estimate of drug-likeness (QED) is 0.388. The number of anilines is 1. The Bertz CT molecular complexity index is 1020. The first-order valence-corrected chi connectivity index (χ1v) is 10.1. The van der Waals surface area contributed by atoms with Crippen molar-refractivity contribution in [3.8, 4) is 6.07 Å². The summed E-state index contributed by atoms with van der Waals surface area (Å²) in [6.45, 7) is 10.1.